The van der Waals surface area contributed by atoms with Gasteiger partial charge >= 0.3 is 6.29 Å². The molecule has 1 aliphatic rings. The van der Waals surface area contributed by atoms with E-state index in [4.69, 9.17) is 5.26 Å². The Morgan fingerprint density at radius 1 is 1.22 bits per heavy atom. The number of aromatic nitrogens is 4. The van der Waals surface area contributed by atoms with Crippen molar-refractivity contribution in [2.24, 2.45) is 0 Å². The highest BCUT2D eigenvalue weighted by Gasteiger charge is 2.43. The first-order valence-corrected chi connectivity index (χ1v) is 11.0. The molecule has 4 aromatic rings. The number of rotatable bonds is 6. The zero-order valence-electron chi connectivity index (χ0n) is 19.2. The number of alkyl halides is 2. The Kier molecular flexibility index (Phi) is 5.79. The van der Waals surface area contributed by atoms with E-state index in [9.17, 15) is 22.8 Å². The number of nitrogens with zero attached hydrogens (tertiary/aromatic N) is 5. The maximum atomic E-state index is 14.3. The number of nitriles is 1. The Labute approximate surface area is 206 Å². The molecule has 2 aromatic carbocycles. The molecule has 37 heavy (non-hydrogen) atoms. The van der Waals surface area contributed by atoms with Crippen LogP contribution in [0.25, 0.3) is 22.3 Å². The lowest BCUT2D eigenvalue weighted by Gasteiger charge is -2.21. The number of halogens is 3. The molecule has 0 fully saturated rings. The minimum absolute atomic E-state index is 0.0421. The highest BCUT2D eigenvalue weighted by Crippen LogP contribution is 2.42. The molecule has 0 radical (unpaired) electrons. The summed E-state index contributed by atoms with van der Waals surface area (Å²) in [5.74, 6) is -1.58. The van der Waals surface area contributed by atoms with Crippen LogP contribution >= 0.6 is 0 Å². The molecule has 3 heterocycles. The first kappa shape index (κ1) is 23.9. The maximum Gasteiger partial charge on any atom is 0.586 e. The number of carbonyl (C=O) groups is 1. The van der Waals surface area contributed by atoms with Crippen molar-refractivity contribution in [3.05, 3.63) is 64.5 Å². The summed E-state index contributed by atoms with van der Waals surface area (Å²) in [6, 6.07) is 9.81. The van der Waals surface area contributed by atoms with E-state index in [1.807, 2.05) is 6.07 Å². The van der Waals surface area contributed by atoms with Gasteiger partial charge in [0.2, 0.25) is 5.91 Å². The summed E-state index contributed by atoms with van der Waals surface area (Å²) in [5.41, 5.74) is 0.642. The van der Waals surface area contributed by atoms with Crippen LogP contribution in [0.5, 0.6) is 11.5 Å². The van der Waals surface area contributed by atoms with Gasteiger partial charge in [-0.05, 0) is 42.8 Å². The number of amides is 1. The number of hydrogen-bond donors (Lipinski definition) is 1. The number of carbonyl (C=O) groups excluding carboxylic acids is 1. The minimum Gasteiger partial charge on any atom is -0.395 e. The van der Waals surface area contributed by atoms with Gasteiger partial charge in [0.05, 0.1) is 18.8 Å². The largest absolute Gasteiger partial charge is 0.586 e. The second kappa shape index (κ2) is 8.98. The van der Waals surface area contributed by atoms with Gasteiger partial charge in [-0.25, -0.2) is 14.1 Å². The van der Waals surface area contributed by atoms with Crippen LogP contribution in [0.1, 0.15) is 12.5 Å². The molecule has 0 aliphatic carbocycles. The molecule has 0 spiro atoms. The highest BCUT2D eigenvalue weighted by atomic mass is 19.3. The maximum absolute atomic E-state index is 14.3. The molecule has 0 saturated heterocycles. The third kappa shape index (κ3) is 4.44. The van der Waals surface area contributed by atoms with E-state index in [0.717, 1.165) is 4.68 Å². The second-order valence-corrected chi connectivity index (χ2v) is 8.06. The van der Waals surface area contributed by atoms with Crippen LogP contribution in [0.2, 0.25) is 0 Å². The molecule has 2 aromatic heterocycles. The molecule has 1 N–H and O–H groups in total. The van der Waals surface area contributed by atoms with Gasteiger partial charge < -0.3 is 19.4 Å². The van der Waals surface area contributed by atoms with Crippen molar-refractivity contribution in [3.63, 3.8) is 0 Å². The summed E-state index contributed by atoms with van der Waals surface area (Å²) in [4.78, 5) is 34.4. The fraction of sp³-hybridized carbons (Fsp3) is 0.208. The van der Waals surface area contributed by atoms with E-state index in [0.29, 0.717) is 5.56 Å². The zero-order chi connectivity index (χ0) is 26.3. The number of hydrogen-bond acceptors (Lipinski definition) is 7. The van der Waals surface area contributed by atoms with Crippen LogP contribution in [-0.4, -0.2) is 38.5 Å². The third-order valence-corrected chi connectivity index (χ3v) is 5.65. The van der Waals surface area contributed by atoms with Crippen molar-refractivity contribution in [3.8, 4) is 28.8 Å². The quantitative estimate of drug-likeness (QED) is 0.422. The number of likely N-dealkylation sites (N-methyl/N-ethyl adjacent to an activating group) is 1. The standard InChI is InChI=1S/C24H17F3N6O4/c1-2-32(16-3-4-17-18(10-16)37-24(26,27)36-17)19(34)11-33-23(35)22-21(29-12-30-22)20(31-33)14-7-13(5-6-28)8-15(25)9-14/h3-4,7-10,12H,2,5,11H2,1H3,(H,29,30). The van der Waals surface area contributed by atoms with Crippen molar-refractivity contribution in [2.45, 2.75) is 26.2 Å². The highest BCUT2D eigenvalue weighted by molar-refractivity contribution is 5.94. The van der Waals surface area contributed by atoms with E-state index in [1.165, 1.54) is 41.6 Å². The van der Waals surface area contributed by atoms with E-state index in [1.54, 1.807) is 13.0 Å². The van der Waals surface area contributed by atoms with E-state index >= 15 is 0 Å². The van der Waals surface area contributed by atoms with Gasteiger partial charge in [-0.2, -0.15) is 10.4 Å². The van der Waals surface area contributed by atoms with Crippen molar-refractivity contribution in [1.29, 1.82) is 5.26 Å². The lowest BCUT2D eigenvalue weighted by molar-refractivity contribution is -0.286. The van der Waals surface area contributed by atoms with E-state index in [-0.39, 0.29) is 52.4 Å². The van der Waals surface area contributed by atoms with Gasteiger partial charge in [-0.3, -0.25) is 9.59 Å². The molecule has 13 heteroatoms. The fourth-order valence-electron chi connectivity index (χ4n) is 4.08. The number of benzene rings is 2. The van der Waals surface area contributed by atoms with Crippen LogP contribution in [0.15, 0.2) is 47.5 Å². The van der Waals surface area contributed by atoms with Crippen LogP contribution in [0.3, 0.4) is 0 Å². The van der Waals surface area contributed by atoms with E-state index in [2.05, 4.69) is 24.5 Å². The van der Waals surface area contributed by atoms with Crippen molar-refractivity contribution >= 4 is 22.6 Å². The predicted molar refractivity (Wildman–Crippen MR) is 124 cm³/mol. The average Bonchev–Trinajstić information content (AvgIpc) is 3.44. The minimum atomic E-state index is -3.81. The number of aromatic amines is 1. The normalized spacial score (nSPS) is 13.5. The van der Waals surface area contributed by atoms with Crippen LogP contribution in [-0.2, 0) is 17.8 Å². The summed E-state index contributed by atoms with van der Waals surface area (Å²) in [7, 11) is 0. The smallest absolute Gasteiger partial charge is 0.395 e. The molecule has 10 nitrogen and oxygen atoms in total. The Morgan fingerprint density at radius 3 is 2.76 bits per heavy atom. The van der Waals surface area contributed by atoms with Gasteiger partial charge in [0, 0.05) is 23.9 Å². The van der Waals surface area contributed by atoms with Crippen molar-refractivity contribution in [1.82, 2.24) is 19.7 Å². The predicted octanol–water partition coefficient (Wildman–Crippen LogP) is 3.37. The Hall–Kier alpha value is -4.86. The number of ether oxygens (including phenoxy) is 2. The Balaban J connectivity index is 1.51. The first-order valence-electron chi connectivity index (χ1n) is 11.0. The number of imidazole rings is 1. The van der Waals surface area contributed by atoms with Gasteiger partial charge in [-0.1, -0.05) is 0 Å². The van der Waals surface area contributed by atoms with E-state index < -0.39 is 30.1 Å². The Bertz CT molecular complexity index is 1640. The second-order valence-electron chi connectivity index (χ2n) is 8.06. The lowest BCUT2D eigenvalue weighted by Crippen LogP contribution is -2.37. The summed E-state index contributed by atoms with van der Waals surface area (Å²) >= 11 is 0. The lowest BCUT2D eigenvalue weighted by atomic mass is 10.0. The first-order chi connectivity index (χ1) is 17.7. The van der Waals surface area contributed by atoms with Gasteiger partial charge in [0.25, 0.3) is 5.56 Å². The summed E-state index contributed by atoms with van der Waals surface area (Å²) in [6.07, 6.45) is -2.57. The molecule has 0 atom stereocenters. The summed E-state index contributed by atoms with van der Waals surface area (Å²) in [6.45, 7) is 1.30. The summed E-state index contributed by atoms with van der Waals surface area (Å²) < 4.78 is 50.8. The molecule has 1 amide bonds. The molecule has 188 valence electrons. The van der Waals surface area contributed by atoms with Gasteiger partial charge in [0.15, 0.2) is 11.5 Å². The molecule has 0 bridgehead atoms. The molecule has 1 aliphatic heterocycles. The van der Waals surface area contributed by atoms with Crippen LogP contribution in [0.4, 0.5) is 18.9 Å². The number of nitrogens with one attached hydrogen (secondary N) is 1. The average molecular weight is 510 g/mol. The number of anilines is 1. The number of fused-ring (bicyclic) bond motifs is 2. The molecule has 0 unspecified atom stereocenters. The molecular weight excluding hydrogens is 493 g/mol. The van der Waals surface area contributed by atoms with Gasteiger partial charge in [0.1, 0.15) is 29.1 Å². The van der Waals surface area contributed by atoms with Crippen LogP contribution in [0, 0.1) is 17.1 Å². The Morgan fingerprint density at radius 2 is 2.00 bits per heavy atom. The molecule has 5 rings (SSSR count). The van der Waals surface area contributed by atoms with Crippen LogP contribution < -0.4 is 19.9 Å². The molecule has 0 saturated carbocycles. The monoisotopic (exact) mass is 510 g/mol. The third-order valence-electron chi connectivity index (χ3n) is 5.65. The molecular formula is C24H17F3N6O4. The topological polar surface area (TPSA) is 126 Å². The van der Waals surface area contributed by atoms with Crippen molar-refractivity contribution < 1.29 is 27.4 Å². The fourth-order valence-corrected chi connectivity index (χ4v) is 4.08. The number of H-pyrrole nitrogens is 1. The van der Waals surface area contributed by atoms with Crippen molar-refractivity contribution in [2.75, 3.05) is 11.4 Å². The van der Waals surface area contributed by atoms with Gasteiger partial charge in [-0.15, -0.1) is 8.78 Å². The SMILES string of the molecule is CCN(C(=O)Cn1nc(-c2cc(F)cc(CC#N)c2)c2nc[nH]c2c1=O)c1ccc2c(c1)OC(F)(F)O2. The summed E-state index contributed by atoms with van der Waals surface area (Å²) in [5, 5.41) is 13.3. The zero-order valence-corrected chi connectivity index (χ0v) is 19.2.